The van der Waals surface area contributed by atoms with Gasteiger partial charge >= 0.3 is 0 Å². The molecule has 1 saturated heterocycles. The highest BCUT2D eigenvalue weighted by Crippen LogP contribution is 2.29. The molecule has 1 fully saturated rings. The van der Waals surface area contributed by atoms with Crippen LogP contribution in [0.1, 0.15) is 34.7 Å². The van der Waals surface area contributed by atoms with Crippen molar-refractivity contribution in [1.82, 2.24) is 14.5 Å². The molecule has 5 nitrogen and oxygen atoms in total. The summed E-state index contributed by atoms with van der Waals surface area (Å²) in [7, 11) is 1.65. The van der Waals surface area contributed by atoms with E-state index >= 15 is 0 Å². The van der Waals surface area contributed by atoms with Crippen LogP contribution in [0.5, 0.6) is 0 Å². The molecule has 0 spiro atoms. The van der Waals surface area contributed by atoms with E-state index in [2.05, 4.69) is 4.98 Å². The molecule has 0 atom stereocenters. The highest BCUT2D eigenvalue weighted by Gasteiger charge is 2.26. The van der Waals surface area contributed by atoms with Crippen molar-refractivity contribution >= 4 is 16.8 Å². The summed E-state index contributed by atoms with van der Waals surface area (Å²) >= 11 is 0. The van der Waals surface area contributed by atoms with Crippen LogP contribution in [-0.2, 0) is 7.05 Å². The molecule has 3 heterocycles. The average Bonchev–Trinajstić information content (AvgIpc) is 3.14. The molecule has 2 aromatic heterocycles. The highest BCUT2D eigenvalue weighted by molar-refractivity contribution is 6.05. The Labute approximate surface area is 150 Å². The maximum atomic E-state index is 13.4. The summed E-state index contributed by atoms with van der Waals surface area (Å²) in [5.41, 5.74) is 1.83. The van der Waals surface area contributed by atoms with E-state index in [1.807, 2.05) is 11.0 Å². The van der Waals surface area contributed by atoms with Gasteiger partial charge in [0, 0.05) is 37.9 Å². The molecule has 6 heteroatoms. The molecule has 4 rings (SSSR count). The molecule has 1 N–H and O–H groups in total. The van der Waals surface area contributed by atoms with Gasteiger partial charge in [-0.3, -0.25) is 9.59 Å². The normalized spacial score (nSPS) is 15.5. The predicted octanol–water partition coefficient (Wildman–Crippen LogP) is 3.03. The fourth-order valence-corrected chi connectivity index (χ4v) is 3.79. The number of amides is 1. The summed E-state index contributed by atoms with van der Waals surface area (Å²) in [6.07, 6.45) is 4.90. The number of carbonyl (C=O) groups is 1. The number of nitrogens with one attached hydrogen (secondary N) is 1. The van der Waals surface area contributed by atoms with Gasteiger partial charge < -0.3 is 14.5 Å². The minimum absolute atomic E-state index is 0.0668. The van der Waals surface area contributed by atoms with Crippen LogP contribution in [-0.4, -0.2) is 33.4 Å². The molecule has 1 amide bonds. The Balaban J connectivity index is 1.55. The van der Waals surface area contributed by atoms with Crippen molar-refractivity contribution in [2.24, 2.45) is 7.05 Å². The van der Waals surface area contributed by atoms with Gasteiger partial charge in [-0.15, -0.1) is 0 Å². The molecule has 0 unspecified atom stereocenters. The lowest BCUT2D eigenvalue weighted by molar-refractivity contribution is 0.0714. The minimum Gasteiger partial charge on any atom is -0.357 e. The lowest BCUT2D eigenvalue weighted by atomic mass is 9.89. The number of nitrogens with zero attached hydrogens (tertiary/aromatic N) is 2. The zero-order chi connectivity index (χ0) is 18.3. The summed E-state index contributed by atoms with van der Waals surface area (Å²) in [5, 5.41) is 0.658. The number of pyridine rings is 1. The van der Waals surface area contributed by atoms with Gasteiger partial charge in [0.2, 0.25) is 0 Å². The van der Waals surface area contributed by atoms with Crippen molar-refractivity contribution in [2.75, 3.05) is 13.1 Å². The monoisotopic (exact) mass is 353 g/mol. The van der Waals surface area contributed by atoms with Crippen molar-refractivity contribution in [3.63, 3.8) is 0 Å². The second-order valence-electron chi connectivity index (χ2n) is 6.85. The summed E-state index contributed by atoms with van der Waals surface area (Å²) in [5.74, 6) is -0.0221. The lowest BCUT2D eigenvalue weighted by Crippen LogP contribution is -2.38. The number of piperidine rings is 1. The van der Waals surface area contributed by atoms with Crippen LogP contribution >= 0.6 is 0 Å². The van der Waals surface area contributed by atoms with Crippen molar-refractivity contribution in [1.29, 1.82) is 0 Å². The van der Waals surface area contributed by atoms with Crippen LogP contribution in [0.4, 0.5) is 4.39 Å². The maximum Gasteiger partial charge on any atom is 0.274 e. The van der Waals surface area contributed by atoms with Crippen LogP contribution < -0.4 is 5.56 Å². The Morgan fingerprint density at radius 3 is 2.73 bits per heavy atom. The molecule has 134 valence electrons. The zero-order valence-corrected chi connectivity index (χ0v) is 14.5. The number of aromatic amines is 1. The largest absolute Gasteiger partial charge is 0.357 e. The highest BCUT2D eigenvalue weighted by atomic mass is 19.1. The van der Waals surface area contributed by atoms with Crippen molar-refractivity contribution in [3.05, 3.63) is 70.0 Å². The van der Waals surface area contributed by atoms with Crippen LogP contribution in [0.3, 0.4) is 0 Å². The van der Waals surface area contributed by atoms with Gasteiger partial charge in [0.15, 0.2) is 0 Å². The third-order valence-corrected chi connectivity index (χ3v) is 5.23. The van der Waals surface area contributed by atoms with E-state index < -0.39 is 0 Å². The minimum atomic E-state index is -0.221. The van der Waals surface area contributed by atoms with E-state index in [1.54, 1.807) is 37.6 Å². The molecule has 0 bridgehead atoms. The van der Waals surface area contributed by atoms with Crippen molar-refractivity contribution < 1.29 is 9.18 Å². The summed E-state index contributed by atoms with van der Waals surface area (Å²) < 4.78 is 14.9. The van der Waals surface area contributed by atoms with Crippen molar-refractivity contribution in [2.45, 2.75) is 18.8 Å². The molecule has 26 heavy (non-hydrogen) atoms. The molecule has 1 aromatic carbocycles. The summed E-state index contributed by atoms with van der Waals surface area (Å²) in [6.45, 7) is 1.24. The summed E-state index contributed by atoms with van der Waals surface area (Å²) in [6, 6.07) is 8.47. The zero-order valence-electron chi connectivity index (χ0n) is 14.5. The van der Waals surface area contributed by atoms with Gasteiger partial charge in [0.25, 0.3) is 11.5 Å². The van der Waals surface area contributed by atoms with Gasteiger partial charge in [-0.25, -0.2) is 4.39 Å². The number of carbonyl (C=O) groups excluding carboxylic acids is 1. The first-order valence-corrected chi connectivity index (χ1v) is 8.76. The predicted molar refractivity (Wildman–Crippen MR) is 97.8 cm³/mol. The standard InChI is InChI=1S/C20H20FN3O2/c1-23-12-17(16-5-8-22-18(16)20(23)26)19(25)24-9-6-13(7-10-24)14-3-2-4-15(21)11-14/h2-5,8,11-13,22H,6-7,9-10H2,1H3. The first kappa shape index (κ1) is 16.6. The first-order valence-electron chi connectivity index (χ1n) is 8.76. The fourth-order valence-electron chi connectivity index (χ4n) is 3.79. The molecule has 0 saturated carbocycles. The quantitative estimate of drug-likeness (QED) is 0.770. The number of aromatic nitrogens is 2. The number of halogens is 1. The van der Waals surface area contributed by atoms with Crippen LogP contribution in [0, 0.1) is 5.82 Å². The number of aryl methyl sites for hydroxylation is 1. The van der Waals surface area contributed by atoms with Crippen LogP contribution in [0.2, 0.25) is 0 Å². The van der Waals surface area contributed by atoms with Gasteiger partial charge in [0.1, 0.15) is 11.3 Å². The molecular weight excluding hydrogens is 333 g/mol. The smallest absolute Gasteiger partial charge is 0.274 e. The van der Waals surface area contributed by atoms with Crippen molar-refractivity contribution in [3.8, 4) is 0 Å². The second kappa shape index (κ2) is 6.44. The Kier molecular flexibility index (Phi) is 4.11. The van der Waals surface area contributed by atoms with E-state index in [-0.39, 0.29) is 23.2 Å². The van der Waals surface area contributed by atoms with E-state index in [9.17, 15) is 14.0 Å². The Hall–Kier alpha value is -2.89. The molecule has 1 aliphatic rings. The Morgan fingerprint density at radius 1 is 1.23 bits per heavy atom. The lowest BCUT2D eigenvalue weighted by Gasteiger charge is -2.32. The topological polar surface area (TPSA) is 58.1 Å². The van der Waals surface area contributed by atoms with E-state index in [0.717, 1.165) is 18.4 Å². The van der Waals surface area contributed by atoms with E-state index in [4.69, 9.17) is 0 Å². The molecule has 0 aliphatic carbocycles. The number of hydrogen-bond donors (Lipinski definition) is 1. The number of hydrogen-bond acceptors (Lipinski definition) is 2. The molecule has 3 aromatic rings. The maximum absolute atomic E-state index is 13.4. The van der Waals surface area contributed by atoms with E-state index in [0.29, 0.717) is 29.6 Å². The van der Waals surface area contributed by atoms with Crippen LogP contribution in [0.15, 0.2) is 47.5 Å². The Morgan fingerprint density at radius 2 is 2.00 bits per heavy atom. The van der Waals surface area contributed by atoms with Gasteiger partial charge in [-0.05, 0) is 42.5 Å². The molecule has 1 aliphatic heterocycles. The van der Waals surface area contributed by atoms with Crippen LogP contribution in [0.25, 0.3) is 10.9 Å². The van der Waals surface area contributed by atoms with Gasteiger partial charge in [-0.1, -0.05) is 12.1 Å². The Bertz CT molecular complexity index is 1030. The number of H-pyrrole nitrogens is 1. The number of benzene rings is 1. The number of likely N-dealkylation sites (tertiary alicyclic amines) is 1. The molecular formula is C20H20FN3O2. The van der Waals surface area contributed by atoms with Gasteiger partial charge in [0.05, 0.1) is 5.56 Å². The third kappa shape index (κ3) is 2.81. The van der Waals surface area contributed by atoms with Gasteiger partial charge in [-0.2, -0.15) is 0 Å². The fraction of sp³-hybridized carbons (Fsp3) is 0.300. The average molecular weight is 353 g/mol. The molecule has 0 radical (unpaired) electrons. The number of rotatable bonds is 2. The second-order valence-corrected chi connectivity index (χ2v) is 6.85. The first-order chi connectivity index (χ1) is 12.5. The third-order valence-electron chi connectivity index (χ3n) is 5.23. The summed E-state index contributed by atoms with van der Waals surface area (Å²) in [4.78, 5) is 29.9. The SMILES string of the molecule is Cn1cc(C(=O)N2CCC(c3cccc(F)c3)CC2)c2cc[nH]c2c1=O. The van der Waals surface area contributed by atoms with E-state index in [1.165, 1.54) is 10.6 Å². The number of fused-ring (bicyclic) bond motifs is 1.